The lowest BCUT2D eigenvalue weighted by Gasteiger charge is -2.24. The molecule has 0 radical (unpaired) electrons. The number of carbonyl (C=O) groups excluding carboxylic acids is 2. The Morgan fingerprint density at radius 2 is 1.95 bits per heavy atom. The van der Waals surface area contributed by atoms with E-state index in [1.54, 1.807) is 24.3 Å². The van der Waals surface area contributed by atoms with Crippen LogP contribution in [-0.2, 0) is 10.5 Å². The second-order valence-corrected chi connectivity index (χ2v) is 11.5. The lowest BCUT2D eigenvalue weighted by Crippen LogP contribution is -2.31. The zero-order valence-electron chi connectivity index (χ0n) is 22.2. The van der Waals surface area contributed by atoms with Gasteiger partial charge in [0.05, 0.1) is 31.1 Å². The number of furan rings is 1. The number of halogens is 1. The van der Waals surface area contributed by atoms with Gasteiger partial charge >= 0.3 is 0 Å². The van der Waals surface area contributed by atoms with E-state index in [9.17, 15) is 14.7 Å². The third-order valence-corrected chi connectivity index (χ3v) is 8.63. The maximum atomic E-state index is 13.5. The third kappa shape index (κ3) is 5.97. The van der Waals surface area contributed by atoms with Crippen molar-refractivity contribution in [1.29, 1.82) is 0 Å². The maximum Gasteiger partial charge on any atom is 0.296 e. The highest BCUT2D eigenvalue weighted by atomic mass is 35.5. The molecule has 212 valence electrons. The molecule has 0 fully saturated rings. The number of benzene rings is 2. The molecule has 0 bridgehead atoms. The number of ketones is 1. The zero-order chi connectivity index (χ0) is 28.9. The Morgan fingerprint density at radius 1 is 1.12 bits per heavy atom. The highest BCUT2D eigenvalue weighted by Crippen LogP contribution is 2.45. The van der Waals surface area contributed by atoms with Crippen molar-refractivity contribution in [2.45, 2.75) is 36.4 Å². The van der Waals surface area contributed by atoms with Gasteiger partial charge in [-0.2, -0.15) is 0 Å². The first-order valence-corrected chi connectivity index (χ1v) is 15.0. The smallest absolute Gasteiger partial charge is 0.296 e. The number of hydrogen-bond acceptors (Lipinski definition) is 10. The first kappa shape index (κ1) is 28.7. The number of rotatable bonds is 12. The van der Waals surface area contributed by atoms with Gasteiger partial charge in [-0.25, -0.2) is 0 Å². The van der Waals surface area contributed by atoms with E-state index < -0.39 is 23.5 Å². The monoisotopic (exact) mass is 611 g/mol. The van der Waals surface area contributed by atoms with E-state index >= 15 is 0 Å². The van der Waals surface area contributed by atoms with Crippen LogP contribution in [0, 0.1) is 0 Å². The molecule has 0 saturated carbocycles. The molecule has 0 aliphatic carbocycles. The fourth-order valence-corrected chi connectivity index (χ4v) is 6.45. The molecule has 3 heterocycles. The van der Waals surface area contributed by atoms with Crippen LogP contribution in [0.3, 0.4) is 0 Å². The minimum absolute atomic E-state index is 0.00706. The lowest BCUT2D eigenvalue weighted by atomic mass is 9.95. The summed E-state index contributed by atoms with van der Waals surface area (Å²) < 4.78 is 17.6. The van der Waals surface area contributed by atoms with E-state index in [1.165, 1.54) is 40.3 Å². The van der Waals surface area contributed by atoms with Crippen molar-refractivity contribution >= 4 is 51.5 Å². The molecule has 5 rings (SSSR count). The van der Waals surface area contributed by atoms with E-state index in [0.717, 1.165) is 12.0 Å². The molecule has 12 heteroatoms. The van der Waals surface area contributed by atoms with Gasteiger partial charge in [0.2, 0.25) is 10.9 Å². The number of nitrogens with zero attached hydrogens (tertiary/aromatic N) is 3. The van der Waals surface area contributed by atoms with Gasteiger partial charge in [0.15, 0.2) is 27.4 Å². The molecule has 1 amide bonds. The maximum absolute atomic E-state index is 13.5. The average Bonchev–Trinajstić information content (AvgIpc) is 3.73. The van der Waals surface area contributed by atoms with Gasteiger partial charge in [0, 0.05) is 10.8 Å². The summed E-state index contributed by atoms with van der Waals surface area (Å²) in [6.45, 7) is 4.72. The van der Waals surface area contributed by atoms with Gasteiger partial charge in [-0.3, -0.25) is 14.5 Å². The molecule has 1 N–H and O–H groups in total. The molecule has 0 spiro atoms. The SMILES string of the molecule is CCCOc1ccc(C2C(C(=O)c3ccco3)=C(O)C(=O)N2c2nnc(SCc3ccccc3Cl)s2)cc1OCC. The Bertz CT molecular complexity index is 1590. The number of aliphatic hydroxyl groups excluding tert-OH is 1. The van der Waals surface area contributed by atoms with E-state index in [0.29, 0.717) is 45.4 Å². The Balaban J connectivity index is 1.53. The highest BCUT2D eigenvalue weighted by molar-refractivity contribution is 8.00. The van der Waals surface area contributed by atoms with Gasteiger partial charge < -0.3 is 19.0 Å². The number of carbonyl (C=O) groups is 2. The molecule has 9 nitrogen and oxygen atoms in total. The number of aliphatic hydroxyl groups is 1. The van der Waals surface area contributed by atoms with E-state index in [2.05, 4.69) is 10.2 Å². The van der Waals surface area contributed by atoms with Crippen LogP contribution in [0.5, 0.6) is 11.5 Å². The topological polar surface area (TPSA) is 115 Å². The van der Waals surface area contributed by atoms with Crippen molar-refractivity contribution in [2.24, 2.45) is 0 Å². The summed E-state index contributed by atoms with van der Waals surface area (Å²) in [6.07, 6.45) is 2.17. The molecule has 1 atom stereocenters. The largest absolute Gasteiger partial charge is 0.503 e. The normalized spacial score (nSPS) is 15.0. The quantitative estimate of drug-likeness (QED) is 0.102. The van der Waals surface area contributed by atoms with Crippen LogP contribution in [-0.4, -0.2) is 40.2 Å². The van der Waals surface area contributed by atoms with E-state index in [-0.39, 0.29) is 16.5 Å². The van der Waals surface area contributed by atoms with Crippen molar-refractivity contribution in [3.63, 3.8) is 0 Å². The molecule has 4 aromatic rings. The van der Waals surface area contributed by atoms with Crippen molar-refractivity contribution in [3.8, 4) is 11.5 Å². The molecule has 41 heavy (non-hydrogen) atoms. The van der Waals surface area contributed by atoms with Crippen LogP contribution in [0.2, 0.25) is 5.02 Å². The fourth-order valence-electron chi connectivity index (χ4n) is 4.30. The summed E-state index contributed by atoms with van der Waals surface area (Å²) in [6, 6.07) is 14.7. The molecule has 1 unspecified atom stereocenters. The Hall–Kier alpha value is -3.80. The van der Waals surface area contributed by atoms with Crippen LogP contribution < -0.4 is 14.4 Å². The number of hydrogen-bond donors (Lipinski definition) is 1. The van der Waals surface area contributed by atoms with E-state index in [4.69, 9.17) is 25.5 Å². The number of amides is 1. The lowest BCUT2D eigenvalue weighted by molar-refractivity contribution is -0.117. The fraction of sp³-hybridized carbons (Fsp3) is 0.241. The number of Topliss-reactive ketones (excluding diaryl/α,β-unsaturated/α-hetero) is 1. The van der Waals surface area contributed by atoms with Crippen LogP contribution in [0.15, 0.2) is 80.9 Å². The van der Waals surface area contributed by atoms with Gasteiger partial charge in [0.1, 0.15) is 0 Å². The summed E-state index contributed by atoms with van der Waals surface area (Å²) in [5, 5.41) is 20.4. The third-order valence-electron chi connectivity index (χ3n) is 6.15. The number of thioether (sulfide) groups is 1. The standard InChI is InChI=1S/C29H26ClN3O6S2/c1-3-13-38-20-12-11-17(15-22(20)37-4-2)24-23(25(34)21-10-7-14-39-21)26(35)27(36)33(24)28-31-32-29(41-28)40-16-18-8-5-6-9-19(18)30/h5-12,14-15,24,35H,3-4,13,16H2,1-2H3. The summed E-state index contributed by atoms with van der Waals surface area (Å²) in [5.41, 5.74) is 1.32. The second kappa shape index (κ2) is 12.8. The Kier molecular flexibility index (Phi) is 8.96. The van der Waals surface area contributed by atoms with E-state index in [1.807, 2.05) is 38.1 Å². The molecular formula is C29H26ClN3O6S2. The van der Waals surface area contributed by atoms with Crippen molar-refractivity contribution in [3.05, 3.63) is 94.1 Å². The predicted molar refractivity (Wildman–Crippen MR) is 157 cm³/mol. The summed E-state index contributed by atoms with van der Waals surface area (Å²) in [7, 11) is 0. The van der Waals surface area contributed by atoms with Crippen molar-refractivity contribution in [2.75, 3.05) is 18.1 Å². The molecule has 0 saturated heterocycles. The molecule has 2 aromatic heterocycles. The number of ether oxygens (including phenoxy) is 2. The van der Waals surface area contributed by atoms with Crippen molar-refractivity contribution in [1.82, 2.24) is 10.2 Å². The van der Waals surface area contributed by atoms with Crippen molar-refractivity contribution < 1.29 is 28.6 Å². The number of aromatic nitrogens is 2. The molecule has 2 aromatic carbocycles. The summed E-state index contributed by atoms with van der Waals surface area (Å²) in [5.74, 6) is -0.532. The molecule has 1 aliphatic rings. The van der Waals surface area contributed by atoms with Crippen LogP contribution in [0.25, 0.3) is 0 Å². The van der Waals surface area contributed by atoms with Gasteiger partial charge in [-0.15, -0.1) is 10.2 Å². The first-order chi connectivity index (χ1) is 19.9. The van der Waals surface area contributed by atoms with Crippen LogP contribution in [0.4, 0.5) is 5.13 Å². The Morgan fingerprint density at radius 3 is 2.68 bits per heavy atom. The second-order valence-electron chi connectivity index (χ2n) is 8.86. The van der Waals surface area contributed by atoms with Crippen LogP contribution >= 0.6 is 34.7 Å². The van der Waals surface area contributed by atoms with Gasteiger partial charge in [0.25, 0.3) is 5.91 Å². The summed E-state index contributed by atoms with van der Waals surface area (Å²) in [4.78, 5) is 28.3. The average molecular weight is 612 g/mol. The zero-order valence-corrected chi connectivity index (χ0v) is 24.6. The Labute approximate surface area is 249 Å². The minimum Gasteiger partial charge on any atom is -0.503 e. The van der Waals surface area contributed by atoms with Gasteiger partial charge in [-0.1, -0.05) is 65.9 Å². The first-order valence-electron chi connectivity index (χ1n) is 12.9. The van der Waals surface area contributed by atoms with Gasteiger partial charge in [-0.05, 0) is 54.8 Å². The molecular weight excluding hydrogens is 586 g/mol. The minimum atomic E-state index is -1.02. The van der Waals surface area contributed by atoms with Crippen LogP contribution in [0.1, 0.15) is 48.0 Å². The molecule has 1 aliphatic heterocycles. The predicted octanol–water partition coefficient (Wildman–Crippen LogP) is 7.05. The summed E-state index contributed by atoms with van der Waals surface area (Å²) >= 11 is 8.88. The highest BCUT2D eigenvalue weighted by Gasteiger charge is 2.47. The number of anilines is 1.